The first-order valence-corrected chi connectivity index (χ1v) is 21.8. The van der Waals surface area contributed by atoms with Crippen molar-refractivity contribution in [2.45, 2.75) is 43.4 Å². The molecule has 0 aromatic heterocycles. The molecule has 60 heavy (non-hydrogen) atoms. The molecule has 0 radical (unpaired) electrons. The SMILES string of the molecule is c1ccc(-c2ccccc2-c2ccccc2N(c2ccc(C3CCCCC3)cc2)c2ccc3c(c2)C2(c4ccccc4-3)c3ccccc3-c3cccc4cccc2c34)cc1. The van der Waals surface area contributed by atoms with Gasteiger partial charge in [-0.05, 0) is 127 Å². The van der Waals surface area contributed by atoms with E-state index in [1.165, 1.54) is 121 Å². The quantitative estimate of drug-likeness (QED) is 0.163. The Balaban J connectivity index is 1.12. The molecular formula is C59H45N. The molecule has 0 bridgehead atoms. The zero-order valence-electron chi connectivity index (χ0n) is 33.7. The summed E-state index contributed by atoms with van der Waals surface area (Å²) in [6, 6.07) is 77.7. The Bertz CT molecular complexity index is 3070. The third-order valence-corrected chi connectivity index (χ3v) is 13.9. The number of rotatable bonds is 6. The van der Waals surface area contributed by atoms with Gasteiger partial charge in [-0.25, -0.2) is 0 Å². The molecule has 1 nitrogen and oxygen atoms in total. The minimum Gasteiger partial charge on any atom is -0.310 e. The summed E-state index contributed by atoms with van der Waals surface area (Å²) in [6.07, 6.45) is 6.58. The van der Waals surface area contributed by atoms with Crippen molar-refractivity contribution in [2.75, 3.05) is 4.90 Å². The van der Waals surface area contributed by atoms with Gasteiger partial charge in [0.15, 0.2) is 0 Å². The van der Waals surface area contributed by atoms with Gasteiger partial charge in [0.1, 0.15) is 0 Å². The molecular weight excluding hydrogens is 723 g/mol. The van der Waals surface area contributed by atoms with Crippen molar-refractivity contribution in [2.24, 2.45) is 0 Å². The zero-order valence-corrected chi connectivity index (χ0v) is 33.7. The highest BCUT2D eigenvalue weighted by Gasteiger charge is 2.50. The summed E-state index contributed by atoms with van der Waals surface area (Å²) in [5, 5.41) is 2.64. The number of hydrogen-bond acceptors (Lipinski definition) is 1. The van der Waals surface area contributed by atoms with Crippen LogP contribution in [0.2, 0.25) is 0 Å². The molecule has 1 fully saturated rings. The van der Waals surface area contributed by atoms with E-state index in [4.69, 9.17) is 0 Å². The second-order valence-electron chi connectivity index (χ2n) is 17.0. The van der Waals surface area contributed by atoms with Gasteiger partial charge < -0.3 is 4.90 Å². The van der Waals surface area contributed by atoms with Crippen LogP contribution in [0.4, 0.5) is 17.1 Å². The lowest BCUT2D eigenvalue weighted by atomic mass is 9.61. The molecule has 12 rings (SSSR count). The first-order valence-electron chi connectivity index (χ1n) is 21.8. The standard InChI is InChI=1S/C59H45N/c1-3-17-40(18-4-1)41-33-35-44(36-34-41)60(57-32-14-11-27-51(57)47-24-8-7-23-46(47)42-19-5-2-6-20-42)45-37-38-50-48-25-9-12-29-53(48)59(56(50)39-45)54-30-13-10-26-49(54)52-28-15-21-43-22-16-31-55(59)58(43)52/h2,5-16,19-40H,1,3-4,17-18H2. The van der Waals surface area contributed by atoms with E-state index in [0.717, 1.165) is 11.4 Å². The summed E-state index contributed by atoms with van der Waals surface area (Å²) in [5.41, 5.74) is 20.0. The maximum atomic E-state index is 2.54. The highest BCUT2D eigenvalue weighted by Crippen LogP contribution is 2.62. The van der Waals surface area contributed by atoms with Crippen molar-refractivity contribution in [3.63, 3.8) is 0 Å². The molecule has 1 heteroatoms. The Kier molecular flexibility index (Phi) is 8.23. The molecule has 0 heterocycles. The molecule has 0 aliphatic heterocycles. The minimum atomic E-state index is -0.498. The first kappa shape index (κ1) is 35.0. The fourth-order valence-electron chi connectivity index (χ4n) is 11.3. The van der Waals surface area contributed by atoms with Gasteiger partial charge >= 0.3 is 0 Å². The summed E-state index contributed by atoms with van der Waals surface area (Å²) >= 11 is 0. The lowest BCUT2D eigenvalue weighted by Crippen LogP contribution is -2.32. The fraction of sp³-hybridized carbons (Fsp3) is 0.119. The third kappa shape index (κ3) is 5.25. The van der Waals surface area contributed by atoms with Crippen LogP contribution in [0, 0.1) is 0 Å². The third-order valence-electron chi connectivity index (χ3n) is 13.9. The topological polar surface area (TPSA) is 3.24 Å². The van der Waals surface area contributed by atoms with Gasteiger partial charge in [-0.15, -0.1) is 0 Å². The second-order valence-corrected chi connectivity index (χ2v) is 17.0. The van der Waals surface area contributed by atoms with E-state index in [1.807, 2.05) is 0 Å². The van der Waals surface area contributed by atoms with Gasteiger partial charge in [-0.1, -0.05) is 195 Å². The normalized spacial score (nSPS) is 16.3. The molecule has 1 saturated carbocycles. The van der Waals surface area contributed by atoms with Gasteiger partial charge in [-0.2, -0.15) is 0 Å². The highest BCUT2D eigenvalue weighted by molar-refractivity contribution is 6.07. The molecule has 9 aromatic rings. The number of fused-ring (bicyclic) bond motifs is 9. The van der Waals surface area contributed by atoms with Crippen molar-refractivity contribution < 1.29 is 0 Å². The van der Waals surface area contributed by atoms with Crippen LogP contribution in [-0.2, 0) is 5.41 Å². The van der Waals surface area contributed by atoms with E-state index in [9.17, 15) is 0 Å². The summed E-state index contributed by atoms with van der Waals surface area (Å²) in [7, 11) is 0. The van der Waals surface area contributed by atoms with Crippen LogP contribution in [0.15, 0.2) is 206 Å². The molecule has 1 atom stereocenters. The predicted octanol–water partition coefficient (Wildman–Crippen LogP) is 16.0. The molecule has 1 spiro atoms. The van der Waals surface area contributed by atoms with Crippen LogP contribution in [-0.4, -0.2) is 0 Å². The Hall–Kier alpha value is -6.96. The summed E-state index contributed by atoms with van der Waals surface area (Å²) in [4.78, 5) is 2.53. The van der Waals surface area contributed by atoms with E-state index < -0.39 is 5.41 Å². The van der Waals surface area contributed by atoms with Gasteiger partial charge in [0, 0.05) is 16.9 Å². The lowest BCUT2D eigenvalue weighted by Gasteiger charge is -2.40. The van der Waals surface area contributed by atoms with E-state index >= 15 is 0 Å². The minimum absolute atomic E-state index is 0.498. The number of para-hydroxylation sites is 1. The predicted molar refractivity (Wildman–Crippen MR) is 252 cm³/mol. The molecule has 1 unspecified atom stereocenters. The monoisotopic (exact) mass is 767 g/mol. The largest absolute Gasteiger partial charge is 0.310 e. The van der Waals surface area contributed by atoms with Crippen LogP contribution in [0.5, 0.6) is 0 Å². The molecule has 286 valence electrons. The summed E-state index contributed by atoms with van der Waals surface area (Å²) < 4.78 is 0. The average Bonchev–Trinajstić information content (AvgIpc) is 3.61. The molecule has 9 aromatic carbocycles. The van der Waals surface area contributed by atoms with E-state index in [0.29, 0.717) is 5.92 Å². The Labute approximate surface area is 353 Å². The lowest BCUT2D eigenvalue weighted by molar-refractivity contribution is 0.443. The molecule has 3 aliphatic rings. The van der Waals surface area contributed by atoms with E-state index in [2.05, 4.69) is 211 Å². The van der Waals surface area contributed by atoms with Crippen molar-refractivity contribution >= 4 is 27.8 Å². The summed E-state index contributed by atoms with van der Waals surface area (Å²) in [5.74, 6) is 0.640. The maximum absolute atomic E-state index is 2.54. The van der Waals surface area contributed by atoms with Crippen molar-refractivity contribution in [1.82, 2.24) is 0 Å². The van der Waals surface area contributed by atoms with E-state index in [1.54, 1.807) is 0 Å². The number of anilines is 3. The maximum Gasteiger partial charge on any atom is 0.0726 e. The Morgan fingerprint density at radius 3 is 1.67 bits per heavy atom. The zero-order chi connectivity index (χ0) is 39.6. The first-order chi connectivity index (χ1) is 29.8. The summed E-state index contributed by atoms with van der Waals surface area (Å²) in [6.45, 7) is 0. The van der Waals surface area contributed by atoms with Crippen LogP contribution in [0.3, 0.4) is 0 Å². The van der Waals surface area contributed by atoms with Crippen LogP contribution in [0.1, 0.15) is 65.8 Å². The van der Waals surface area contributed by atoms with Crippen molar-refractivity contribution in [1.29, 1.82) is 0 Å². The molecule has 0 N–H and O–H groups in total. The second kappa shape index (κ2) is 14.1. The van der Waals surface area contributed by atoms with Crippen LogP contribution < -0.4 is 4.90 Å². The Morgan fingerprint density at radius 1 is 0.367 bits per heavy atom. The van der Waals surface area contributed by atoms with Gasteiger partial charge in [0.25, 0.3) is 0 Å². The molecule has 0 saturated heterocycles. The average molecular weight is 768 g/mol. The van der Waals surface area contributed by atoms with Crippen LogP contribution in [0.25, 0.3) is 55.3 Å². The Morgan fingerprint density at radius 2 is 0.917 bits per heavy atom. The smallest absolute Gasteiger partial charge is 0.0726 e. The van der Waals surface area contributed by atoms with Crippen molar-refractivity contribution in [3.8, 4) is 44.5 Å². The van der Waals surface area contributed by atoms with Crippen molar-refractivity contribution in [3.05, 3.63) is 234 Å². The number of benzene rings is 9. The molecule has 0 amide bonds. The van der Waals surface area contributed by atoms with Gasteiger partial charge in [-0.3, -0.25) is 0 Å². The molecule has 3 aliphatic carbocycles. The van der Waals surface area contributed by atoms with Gasteiger partial charge in [0.2, 0.25) is 0 Å². The fourth-order valence-corrected chi connectivity index (χ4v) is 11.3. The van der Waals surface area contributed by atoms with E-state index in [-0.39, 0.29) is 0 Å². The van der Waals surface area contributed by atoms with Gasteiger partial charge in [0.05, 0.1) is 11.1 Å². The highest BCUT2D eigenvalue weighted by atomic mass is 15.1. The van der Waals surface area contributed by atoms with Crippen LogP contribution >= 0.6 is 0 Å². The number of nitrogens with zero attached hydrogens (tertiary/aromatic N) is 1. The number of hydrogen-bond donors (Lipinski definition) is 0.